The van der Waals surface area contributed by atoms with Crippen LogP contribution in [0.3, 0.4) is 0 Å². The fourth-order valence-corrected chi connectivity index (χ4v) is 6.29. The number of nitrogens with zero attached hydrogens (tertiary/aromatic N) is 2. The van der Waals surface area contributed by atoms with Crippen molar-refractivity contribution in [3.63, 3.8) is 0 Å². The summed E-state index contributed by atoms with van der Waals surface area (Å²) in [5, 5.41) is 9.53. The highest BCUT2D eigenvalue weighted by Gasteiger charge is 2.12. The van der Waals surface area contributed by atoms with Crippen molar-refractivity contribution in [1.82, 2.24) is 0 Å². The molecular formula is C36H26N2S. The fraction of sp³-hybridized carbons (Fsp3) is 0.0556. The predicted molar refractivity (Wildman–Crippen MR) is 171 cm³/mol. The maximum atomic E-state index is 5.21. The minimum absolute atomic E-state index is 1.01. The quantitative estimate of drug-likeness (QED) is 0.163. The molecular weight excluding hydrogens is 492 g/mol. The van der Waals surface area contributed by atoms with E-state index in [0.29, 0.717) is 0 Å². The Morgan fingerprint density at radius 1 is 0.436 bits per heavy atom. The van der Waals surface area contributed by atoms with E-state index < -0.39 is 0 Å². The van der Waals surface area contributed by atoms with Gasteiger partial charge in [-0.15, -0.1) is 11.3 Å². The summed E-state index contributed by atoms with van der Waals surface area (Å²) in [6.45, 7) is 4.22. The second-order valence-corrected chi connectivity index (χ2v) is 11.0. The molecule has 0 saturated heterocycles. The van der Waals surface area contributed by atoms with Gasteiger partial charge in [-0.25, -0.2) is 0 Å². The van der Waals surface area contributed by atoms with Crippen LogP contribution in [0.15, 0.2) is 131 Å². The van der Waals surface area contributed by atoms with Gasteiger partial charge in [-0.05, 0) is 59.7 Å². The third-order valence-corrected chi connectivity index (χ3v) is 8.67. The standard InChI is InChI=1S/C36H26N2S/c1-23(37-35-29-15-7-3-11-25(29)21-26-12-4-8-16-30(26)35)33-19-20-34(39-33)24(2)38-36-31-17-9-5-13-27(31)22-28-14-6-10-18-32(28)36/h3-22H,1-2H3. The average Bonchev–Trinajstić information content (AvgIpc) is 3.48. The number of hydrogen-bond donors (Lipinski definition) is 0. The van der Waals surface area contributed by atoms with E-state index in [9.17, 15) is 0 Å². The van der Waals surface area contributed by atoms with E-state index in [0.717, 1.165) is 32.6 Å². The van der Waals surface area contributed by atoms with Crippen LogP contribution in [-0.2, 0) is 0 Å². The molecule has 1 heterocycles. The molecule has 0 radical (unpaired) electrons. The monoisotopic (exact) mass is 518 g/mol. The molecule has 2 nitrogen and oxygen atoms in total. The van der Waals surface area contributed by atoms with Gasteiger partial charge in [0.15, 0.2) is 0 Å². The second-order valence-electron chi connectivity index (χ2n) is 9.89. The van der Waals surface area contributed by atoms with E-state index in [-0.39, 0.29) is 0 Å². The van der Waals surface area contributed by atoms with Crippen molar-refractivity contribution in [3.8, 4) is 0 Å². The Morgan fingerprint density at radius 3 is 1.08 bits per heavy atom. The van der Waals surface area contributed by atoms with Crippen LogP contribution in [0, 0.1) is 0 Å². The van der Waals surface area contributed by atoms with Crippen LogP contribution in [-0.4, -0.2) is 11.4 Å². The third-order valence-electron chi connectivity index (χ3n) is 7.36. The molecule has 0 atom stereocenters. The minimum Gasteiger partial charge on any atom is -0.251 e. The van der Waals surface area contributed by atoms with Crippen molar-refractivity contribution in [2.24, 2.45) is 9.98 Å². The molecule has 0 unspecified atom stereocenters. The molecule has 3 heteroatoms. The molecule has 0 N–H and O–H groups in total. The number of rotatable bonds is 4. The summed E-state index contributed by atoms with van der Waals surface area (Å²) >= 11 is 1.75. The summed E-state index contributed by atoms with van der Waals surface area (Å²) in [4.78, 5) is 12.7. The Balaban J connectivity index is 1.32. The maximum absolute atomic E-state index is 5.21. The van der Waals surface area contributed by atoms with Crippen LogP contribution in [0.1, 0.15) is 23.6 Å². The first kappa shape index (κ1) is 23.5. The smallest absolute Gasteiger partial charge is 0.0790 e. The number of aliphatic imine (C=N–C) groups is 2. The van der Waals surface area contributed by atoms with Crippen molar-refractivity contribution >= 4 is 77.2 Å². The van der Waals surface area contributed by atoms with Crippen molar-refractivity contribution in [1.29, 1.82) is 0 Å². The van der Waals surface area contributed by atoms with Crippen LogP contribution in [0.4, 0.5) is 11.4 Å². The van der Waals surface area contributed by atoms with E-state index >= 15 is 0 Å². The van der Waals surface area contributed by atoms with Gasteiger partial charge in [0, 0.05) is 31.3 Å². The zero-order chi connectivity index (χ0) is 26.3. The Labute approximate surface area is 231 Å². The first-order chi connectivity index (χ1) is 19.2. The molecule has 0 aliphatic heterocycles. The van der Waals surface area contributed by atoms with Crippen LogP contribution in [0.25, 0.3) is 43.1 Å². The maximum Gasteiger partial charge on any atom is 0.0790 e. The Morgan fingerprint density at radius 2 is 0.744 bits per heavy atom. The number of fused-ring (bicyclic) bond motifs is 4. The molecule has 1 aromatic heterocycles. The molecule has 6 aromatic carbocycles. The van der Waals surface area contributed by atoms with Gasteiger partial charge in [0.25, 0.3) is 0 Å². The van der Waals surface area contributed by atoms with Gasteiger partial charge in [-0.3, -0.25) is 9.98 Å². The third kappa shape index (κ3) is 4.21. The van der Waals surface area contributed by atoms with Crippen LogP contribution < -0.4 is 0 Å². The second kappa shape index (κ2) is 9.61. The summed E-state index contributed by atoms with van der Waals surface area (Å²) < 4.78 is 0. The van der Waals surface area contributed by atoms with E-state index in [1.807, 2.05) is 0 Å². The van der Waals surface area contributed by atoms with Crippen LogP contribution in [0.2, 0.25) is 0 Å². The predicted octanol–water partition coefficient (Wildman–Crippen LogP) is 10.6. The van der Waals surface area contributed by atoms with Gasteiger partial charge < -0.3 is 0 Å². The molecule has 0 bridgehead atoms. The molecule has 7 aromatic rings. The first-order valence-corrected chi connectivity index (χ1v) is 14.0. The molecule has 0 aliphatic rings. The highest BCUT2D eigenvalue weighted by atomic mass is 32.1. The largest absolute Gasteiger partial charge is 0.251 e. The van der Waals surface area contributed by atoms with Crippen molar-refractivity contribution < 1.29 is 0 Å². The van der Waals surface area contributed by atoms with Gasteiger partial charge in [0.1, 0.15) is 0 Å². The normalized spacial score (nSPS) is 12.7. The Kier molecular flexibility index (Phi) is 5.79. The lowest BCUT2D eigenvalue weighted by Gasteiger charge is -2.09. The van der Waals surface area contributed by atoms with E-state index in [1.165, 1.54) is 43.1 Å². The lowest BCUT2D eigenvalue weighted by molar-refractivity contribution is 1.55. The van der Waals surface area contributed by atoms with E-state index in [2.05, 4.69) is 135 Å². The summed E-state index contributed by atoms with van der Waals surface area (Å²) in [7, 11) is 0. The van der Waals surface area contributed by atoms with Gasteiger partial charge in [-0.2, -0.15) is 0 Å². The van der Waals surface area contributed by atoms with Gasteiger partial charge >= 0.3 is 0 Å². The van der Waals surface area contributed by atoms with Crippen molar-refractivity contribution in [2.45, 2.75) is 13.8 Å². The topological polar surface area (TPSA) is 24.7 Å². The average molecular weight is 519 g/mol. The molecule has 0 fully saturated rings. The molecule has 7 rings (SSSR count). The SMILES string of the molecule is CC(=Nc1c2ccccc2cc2ccccc12)c1ccc(C(C)=Nc2c3ccccc3cc3ccccc23)s1. The summed E-state index contributed by atoms with van der Waals surface area (Å²) in [6, 6.07) is 42.9. The van der Waals surface area contributed by atoms with Gasteiger partial charge in [0.2, 0.25) is 0 Å². The molecule has 0 saturated carbocycles. The summed E-state index contributed by atoms with van der Waals surface area (Å²) in [6.07, 6.45) is 0. The number of thiophene rings is 1. The van der Waals surface area contributed by atoms with Gasteiger partial charge in [-0.1, -0.05) is 97.1 Å². The number of benzene rings is 6. The lowest BCUT2D eigenvalue weighted by atomic mass is 10.0. The number of hydrogen-bond acceptors (Lipinski definition) is 3. The van der Waals surface area contributed by atoms with Crippen LogP contribution in [0.5, 0.6) is 0 Å². The Bertz CT molecular complexity index is 1840. The van der Waals surface area contributed by atoms with Crippen molar-refractivity contribution in [3.05, 3.63) is 131 Å². The molecule has 0 amide bonds. The molecule has 39 heavy (non-hydrogen) atoms. The highest BCUT2D eigenvalue weighted by Crippen LogP contribution is 2.37. The lowest BCUT2D eigenvalue weighted by Crippen LogP contribution is -1.92. The molecule has 0 aliphatic carbocycles. The van der Waals surface area contributed by atoms with E-state index in [4.69, 9.17) is 9.98 Å². The fourth-order valence-electron chi connectivity index (χ4n) is 5.39. The molecule has 0 spiro atoms. The molecule has 186 valence electrons. The summed E-state index contributed by atoms with van der Waals surface area (Å²) in [5.41, 5.74) is 4.08. The van der Waals surface area contributed by atoms with Crippen LogP contribution >= 0.6 is 11.3 Å². The highest BCUT2D eigenvalue weighted by molar-refractivity contribution is 7.16. The summed E-state index contributed by atoms with van der Waals surface area (Å²) in [5.74, 6) is 0. The first-order valence-electron chi connectivity index (χ1n) is 13.2. The zero-order valence-electron chi connectivity index (χ0n) is 21.8. The van der Waals surface area contributed by atoms with Crippen molar-refractivity contribution in [2.75, 3.05) is 0 Å². The minimum atomic E-state index is 1.01. The zero-order valence-corrected chi connectivity index (χ0v) is 22.7. The van der Waals surface area contributed by atoms with E-state index in [1.54, 1.807) is 11.3 Å². The Hall–Kier alpha value is -4.60. The van der Waals surface area contributed by atoms with Gasteiger partial charge in [0.05, 0.1) is 22.8 Å².